The van der Waals surface area contributed by atoms with E-state index in [4.69, 9.17) is 32.8 Å². The van der Waals surface area contributed by atoms with Crippen LogP contribution in [0.1, 0.15) is 6.92 Å². The summed E-state index contributed by atoms with van der Waals surface area (Å²) in [6.07, 6.45) is 3.46. The molecule has 2 aromatic rings. The van der Waals surface area contributed by atoms with E-state index in [0.29, 0.717) is 21.5 Å². The summed E-state index contributed by atoms with van der Waals surface area (Å²) in [4.78, 5) is 16.4. The quantitative estimate of drug-likeness (QED) is 0.575. The summed E-state index contributed by atoms with van der Waals surface area (Å²) in [5, 5.41) is 11.4. The zero-order valence-electron chi connectivity index (χ0n) is 14.5. The zero-order valence-corrected chi connectivity index (χ0v) is 16.0. The van der Waals surface area contributed by atoms with Crippen molar-refractivity contribution in [3.05, 3.63) is 52.2 Å². The lowest BCUT2D eigenvalue weighted by Crippen LogP contribution is -2.28. The molecule has 0 aliphatic rings. The van der Waals surface area contributed by atoms with Gasteiger partial charge in [0.05, 0.1) is 15.7 Å². The molecule has 1 aromatic heterocycles. The van der Waals surface area contributed by atoms with Crippen LogP contribution in [-0.2, 0) is 9.63 Å². The zero-order chi connectivity index (χ0) is 19.1. The number of carbonyl (C=O) groups is 1. The predicted molar refractivity (Wildman–Crippen MR) is 101 cm³/mol. The Balaban J connectivity index is 2.04. The molecule has 7 nitrogen and oxygen atoms in total. The lowest BCUT2D eigenvalue weighted by atomic mass is 10.1. The third-order valence-corrected chi connectivity index (χ3v) is 4.09. The van der Waals surface area contributed by atoms with E-state index in [1.165, 1.54) is 14.2 Å². The summed E-state index contributed by atoms with van der Waals surface area (Å²) in [5.74, 6) is 0.0785. The van der Waals surface area contributed by atoms with Crippen molar-refractivity contribution in [1.82, 2.24) is 15.1 Å². The Bertz CT molecular complexity index is 846. The average molecular weight is 397 g/mol. The number of carbonyl (C=O) groups excluding carboxylic acids is 1. The maximum atomic E-state index is 11.7. The van der Waals surface area contributed by atoms with Crippen LogP contribution in [0.3, 0.4) is 0 Å². The molecule has 0 unspecified atom stereocenters. The Hall–Kier alpha value is -2.51. The van der Waals surface area contributed by atoms with Crippen LogP contribution in [0.4, 0.5) is 0 Å². The van der Waals surface area contributed by atoms with Gasteiger partial charge in [-0.3, -0.25) is 4.79 Å². The van der Waals surface area contributed by atoms with E-state index >= 15 is 0 Å². The number of oxime groups is 1. The fourth-order valence-electron chi connectivity index (χ4n) is 2.01. The minimum atomic E-state index is -0.343. The summed E-state index contributed by atoms with van der Waals surface area (Å²) in [6, 6.07) is 6.92. The van der Waals surface area contributed by atoms with Crippen LogP contribution in [-0.4, -0.2) is 42.2 Å². The second-order valence-corrected chi connectivity index (χ2v) is 5.91. The van der Waals surface area contributed by atoms with Gasteiger partial charge in [0.25, 0.3) is 5.91 Å². The van der Waals surface area contributed by atoms with E-state index in [2.05, 4.69) is 15.6 Å². The van der Waals surface area contributed by atoms with Crippen molar-refractivity contribution in [1.29, 1.82) is 0 Å². The molecule has 0 atom stereocenters. The standard InChI is InChI=1S/C17H18Cl2N4O3/c1-11(16(22-25-3)17(24)20-2)7-9-26-15-6-8-23(21-15)12-4-5-13(18)14(19)10-12/h4-8,10H,9H2,1-3H3,(H,20,24). The first kappa shape index (κ1) is 19.8. The molecule has 1 aromatic carbocycles. The molecule has 26 heavy (non-hydrogen) atoms. The Labute approximate surface area is 161 Å². The number of benzene rings is 1. The predicted octanol–water partition coefficient (Wildman–Crippen LogP) is 3.25. The number of hydrogen-bond donors (Lipinski definition) is 1. The van der Waals surface area contributed by atoms with Gasteiger partial charge < -0.3 is 14.9 Å². The number of amides is 1. The van der Waals surface area contributed by atoms with Gasteiger partial charge in [0.15, 0.2) is 5.71 Å². The van der Waals surface area contributed by atoms with Gasteiger partial charge in [0.2, 0.25) is 5.88 Å². The Morgan fingerprint density at radius 2 is 2.12 bits per heavy atom. The number of halogens is 2. The molecule has 0 radical (unpaired) electrons. The van der Waals surface area contributed by atoms with E-state index < -0.39 is 0 Å². The van der Waals surface area contributed by atoms with Crippen LogP contribution in [0.15, 0.2) is 47.3 Å². The number of aromatic nitrogens is 2. The molecule has 0 aliphatic carbocycles. The van der Waals surface area contributed by atoms with Crippen molar-refractivity contribution < 1.29 is 14.4 Å². The highest BCUT2D eigenvalue weighted by atomic mass is 35.5. The van der Waals surface area contributed by atoms with Crippen molar-refractivity contribution in [3.8, 4) is 11.6 Å². The molecular formula is C17H18Cl2N4O3. The maximum Gasteiger partial charge on any atom is 0.273 e. The highest BCUT2D eigenvalue weighted by Gasteiger charge is 2.12. The Kier molecular flexibility index (Phi) is 7.06. The summed E-state index contributed by atoms with van der Waals surface area (Å²) in [7, 11) is 2.90. The average Bonchev–Trinajstić information content (AvgIpc) is 3.10. The molecule has 0 fully saturated rings. The lowest BCUT2D eigenvalue weighted by Gasteiger charge is -2.05. The highest BCUT2D eigenvalue weighted by molar-refractivity contribution is 6.45. The minimum Gasteiger partial charge on any atom is -0.472 e. The van der Waals surface area contributed by atoms with Crippen LogP contribution in [0.25, 0.3) is 5.69 Å². The van der Waals surface area contributed by atoms with Gasteiger partial charge in [-0.15, -0.1) is 5.10 Å². The molecule has 2 rings (SSSR count). The summed E-state index contributed by atoms with van der Waals surface area (Å²) in [6.45, 7) is 1.95. The van der Waals surface area contributed by atoms with Gasteiger partial charge in [0.1, 0.15) is 13.7 Å². The van der Waals surface area contributed by atoms with Gasteiger partial charge in [0, 0.05) is 19.3 Å². The van der Waals surface area contributed by atoms with Gasteiger partial charge in [-0.1, -0.05) is 28.4 Å². The summed E-state index contributed by atoms with van der Waals surface area (Å²) < 4.78 is 7.20. The number of ether oxygens (including phenoxy) is 1. The largest absolute Gasteiger partial charge is 0.472 e. The van der Waals surface area contributed by atoms with E-state index in [1.54, 1.807) is 48.1 Å². The summed E-state index contributed by atoms with van der Waals surface area (Å²) in [5.41, 5.74) is 1.56. The van der Waals surface area contributed by atoms with Gasteiger partial charge >= 0.3 is 0 Å². The number of rotatable bonds is 7. The molecule has 9 heteroatoms. The second kappa shape index (κ2) is 9.26. The van der Waals surface area contributed by atoms with Crippen LogP contribution < -0.4 is 10.1 Å². The molecule has 0 bridgehead atoms. The third-order valence-electron chi connectivity index (χ3n) is 3.35. The Morgan fingerprint density at radius 1 is 1.35 bits per heavy atom. The number of hydrogen-bond acceptors (Lipinski definition) is 5. The molecule has 0 saturated heterocycles. The van der Waals surface area contributed by atoms with Crippen molar-refractivity contribution in [2.24, 2.45) is 5.16 Å². The molecule has 1 heterocycles. The normalized spacial score (nSPS) is 12.0. The fourth-order valence-corrected chi connectivity index (χ4v) is 2.30. The fraction of sp³-hybridized carbons (Fsp3) is 0.235. The maximum absolute atomic E-state index is 11.7. The van der Waals surface area contributed by atoms with Crippen LogP contribution in [0, 0.1) is 0 Å². The topological polar surface area (TPSA) is 77.7 Å². The Morgan fingerprint density at radius 3 is 2.77 bits per heavy atom. The van der Waals surface area contributed by atoms with Crippen LogP contribution in [0.2, 0.25) is 10.0 Å². The highest BCUT2D eigenvalue weighted by Crippen LogP contribution is 2.24. The first-order valence-electron chi connectivity index (χ1n) is 7.60. The van der Waals surface area contributed by atoms with Gasteiger partial charge in [-0.05, 0) is 36.8 Å². The molecule has 0 aliphatic heterocycles. The number of nitrogens with zero attached hydrogens (tertiary/aromatic N) is 3. The SMILES string of the molecule is CNC(=O)C(=NOC)C(C)=CCOc1ccn(-c2ccc(Cl)c(Cl)c2)n1. The van der Waals surface area contributed by atoms with Crippen LogP contribution >= 0.6 is 23.2 Å². The molecule has 138 valence electrons. The first-order valence-corrected chi connectivity index (χ1v) is 8.36. The third kappa shape index (κ3) is 5.00. The van der Waals surface area contributed by atoms with E-state index in [1.807, 2.05) is 0 Å². The molecular weight excluding hydrogens is 379 g/mol. The molecule has 0 saturated carbocycles. The van der Waals surface area contributed by atoms with E-state index in [0.717, 1.165) is 5.69 Å². The first-order chi connectivity index (χ1) is 12.5. The smallest absolute Gasteiger partial charge is 0.273 e. The van der Waals surface area contributed by atoms with Crippen molar-refractivity contribution in [2.75, 3.05) is 20.8 Å². The van der Waals surface area contributed by atoms with Crippen molar-refractivity contribution in [3.63, 3.8) is 0 Å². The summed E-state index contributed by atoms with van der Waals surface area (Å²) >= 11 is 11.9. The minimum absolute atomic E-state index is 0.180. The monoisotopic (exact) mass is 396 g/mol. The lowest BCUT2D eigenvalue weighted by molar-refractivity contribution is -0.114. The molecule has 0 spiro atoms. The van der Waals surface area contributed by atoms with Gasteiger partial charge in [-0.2, -0.15) is 0 Å². The van der Waals surface area contributed by atoms with E-state index in [-0.39, 0.29) is 18.2 Å². The van der Waals surface area contributed by atoms with E-state index in [9.17, 15) is 4.79 Å². The van der Waals surface area contributed by atoms with Gasteiger partial charge in [-0.25, -0.2) is 4.68 Å². The molecule has 1 amide bonds. The van der Waals surface area contributed by atoms with Crippen molar-refractivity contribution >= 4 is 34.8 Å². The van der Waals surface area contributed by atoms with Crippen molar-refractivity contribution in [2.45, 2.75) is 6.92 Å². The number of nitrogens with one attached hydrogen (secondary N) is 1. The second-order valence-electron chi connectivity index (χ2n) is 5.10. The van der Waals surface area contributed by atoms with Crippen LogP contribution in [0.5, 0.6) is 5.88 Å². The molecule has 1 N–H and O–H groups in total.